The molecular weight excluding hydrogens is 420 g/mol. The van der Waals surface area contributed by atoms with E-state index >= 15 is 0 Å². The second-order valence-electron chi connectivity index (χ2n) is 8.05. The lowest BCUT2D eigenvalue weighted by Crippen LogP contribution is -2.30. The van der Waals surface area contributed by atoms with Crippen molar-refractivity contribution in [1.82, 2.24) is 20.0 Å². The van der Waals surface area contributed by atoms with Crippen LogP contribution in [0.3, 0.4) is 0 Å². The standard InChI is InChI=1S/C25H20N4O2S/c1-15-22-17(14-19(26-23(22)31-28-15)16-8-3-2-4-9-16)25(30)29-13-7-11-20(29)24-27-18-10-5-6-12-21(18)32-24/h2-6,8-10,12,14,20H,7,11,13H2,1H3/t20-/m0/s1. The van der Waals surface area contributed by atoms with Crippen molar-refractivity contribution < 1.29 is 9.32 Å². The van der Waals surface area contributed by atoms with Crippen LogP contribution >= 0.6 is 11.3 Å². The van der Waals surface area contributed by atoms with Gasteiger partial charge in [-0.1, -0.05) is 47.6 Å². The Morgan fingerprint density at radius 1 is 1.09 bits per heavy atom. The molecule has 0 N–H and O–H groups in total. The van der Waals surface area contributed by atoms with Crippen molar-refractivity contribution in [2.45, 2.75) is 25.8 Å². The molecule has 5 aromatic rings. The van der Waals surface area contributed by atoms with Crippen LogP contribution in [0.2, 0.25) is 0 Å². The molecule has 4 heterocycles. The van der Waals surface area contributed by atoms with Gasteiger partial charge in [-0.15, -0.1) is 11.3 Å². The summed E-state index contributed by atoms with van der Waals surface area (Å²) in [7, 11) is 0. The number of amides is 1. The zero-order chi connectivity index (χ0) is 21.7. The van der Waals surface area contributed by atoms with E-state index in [9.17, 15) is 4.79 Å². The SMILES string of the molecule is Cc1noc2nc(-c3ccccc3)cc(C(=O)N3CCC[C@H]3c3nc4ccccc4s3)c12. The van der Waals surface area contributed by atoms with Crippen LogP contribution in [0.25, 0.3) is 32.6 Å². The number of pyridine rings is 1. The van der Waals surface area contributed by atoms with E-state index in [4.69, 9.17) is 9.51 Å². The van der Waals surface area contributed by atoms with Crippen LogP contribution in [0.1, 0.15) is 39.9 Å². The molecule has 158 valence electrons. The molecule has 0 saturated carbocycles. The van der Waals surface area contributed by atoms with Crippen molar-refractivity contribution in [2.75, 3.05) is 6.54 Å². The lowest BCUT2D eigenvalue weighted by molar-refractivity contribution is 0.0737. The number of aromatic nitrogens is 3. The number of thiazole rings is 1. The summed E-state index contributed by atoms with van der Waals surface area (Å²) in [5.74, 6) is -0.0253. The van der Waals surface area contributed by atoms with E-state index in [-0.39, 0.29) is 11.9 Å². The number of para-hydroxylation sites is 1. The van der Waals surface area contributed by atoms with Crippen LogP contribution in [0.15, 0.2) is 65.2 Å². The number of carbonyl (C=O) groups excluding carboxylic acids is 1. The number of nitrogens with zero attached hydrogens (tertiary/aromatic N) is 4. The summed E-state index contributed by atoms with van der Waals surface area (Å²) in [6.07, 6.45) is 1.86. The Balaban J connectivity index is 1.45. The first-order valence-corrected chi connectivity index (χ1v) is 11.5. The number of likely N-dealkylation sites (tertiary alicyclic amines) is 1. The Morgan fingerprint density at radius 3 is 2.75 bits per heavy atom. The fourth-order valence-electron chi connectivity index (χ4n) is 4.47. The summed E-state index contributed by atoms with van der Waals surface area (Å²) < 4.78 is 6.62. The summed E-state index contributed by atoms with van der Waals surface area (Å²) >= 11 is 1.67. The Morgan fingerprint density at radius 2 is 1.91 bits per heavy atom. The molecule has 0 bridgehead atoms. The molecule has 1 aliphatic rings. The van der Waals surface area contributed by atoms with E-state index in [2.05, 4.69) is 16.2 Å². The van der Waals surface area contributed by atoms with Gasteiger partial charge < -0.3 is 9.42 Å². The van der Waals surface area contributed by atoms with E-state index in [1.807, 2.05) is 66.4 Å². The van der Waals surface area contributed by atoms with Crippen LogP contribution in [-0.2, 0) is 0 Å². The Kier molecular flexibility index (Phi) is 4.50. The van der Waals surface area contributed by atoms with Gasteiger partial charge in [0.25, 0.3) is 11.6 Å². The van der Waals surface area contributed by atoms with Gasteiger partial charge in [0.15, 0.2) is 0 Å². The first-order valence-electron chi connectivity index (χ1n) is 10.7. The van der Waals surface area contributed by atoms with Gasteiger partial charge in [0, 0.05) is 12.1 Å². The highest BCUT2D eigenvalue weighted by molar-refractivity contribution is 7.18. The van der Waals surface area contributed by atoms with E-state index in [0.717, 1.165) is 33.6 Å². The molecule has 0 aliphatic carbocycles. The molecule has 3 aromatic heterocycles. The Hall–Kier alpha value is -3.58. The fraction of sp³-hybridized carbons (Fsp3) is 0.200. The number of carbonyl (C=O) groups is 1. The van der Waals surface area contributed by atoms with Gasteiger partial charge in [-0.2, -0.15) is 0 Å². The molecule has 6 nitrogen and oxygen atoms in total. The summed E-state index contributed by atoms with van der Waals surface area (Å²) in [5.41, 5.74) is 4.27. The minimum Gasteiger partial charge on any atom is -0.335 e. The van der Waals surface area contributed by atoms with Gasteiger partial charge >= 0.3 is 0 Å². The molecule has 0 radical (unpaired) electrons. The predicted octanol–water partition coefficient (Wildman–Crippen LogP) is 5.79. The molecule has 1 fully saturated rings. The number of aryl methyl sites for hydroxylation is 1. The summed E-state index contributed by atoms with van der Waals surface area (Å²) in [6, 6.07) is 19.8. The summed E-state index contributed by atoms with van der Waals surface area (Å²) in [5, 5.41) is 5.77. The lowest BCUT2D eigenvalue weighted by atomic mass is 10.0. The number of rotatable bonds is 3. The predicted molar refractivity (Wildman–Crippen MR) is 125 cm³/mol. The molecule has 1 amide bonds. The third-order valence-corrected chi connectivity index (χ3v) is 7.16. The smallest absolute Gasteiger partial charge is 0.259 e. The Labute approximate surface area is 188 Å². The highest BCUT2D eigenvalue weighted by Gasteiger charge is 2.34. The lowest BCUT2D eigenvalue weighted by Gasteiger charge is -2.23. The van der Waals surface area contributed by atoms with Gasteiger partial charge in [-0.25, -0.2) is 9.97 Å². The summed E-state index contributed by atoms with van der Waals surface area (Å²) in [6.45, 7) is 2.55. The molecule has 0 unspecified atom stereocenters. The van der Waals surface area contributed by atoms with Crippen molar-refractivity contribution in [3.63, 3.8) is 0 Å². The van der Waals surface area contributed by atoms with Crippen molar-refractivity contribution in [2.24, 2.45) is 0 Å². The molecule has 32 heavy (non-hydrogen) atoms. The third-order valence-electron chi connectivity index (χ3n) is 6.03. The maximum Gasteiger partial charge on any atom is 0.259 e. The van der Waals surface area contributed by atoms with Crippen LogP contribution in [-0.4, -0.2) is 32.5 Å². The maximum atomic E-state index is 13.9. The van der Waals surface area contributed by atoms with E-state index in [0.29, 0.717) is 34.6 Å². The first-order chi connectivity index (χ1) is 15.7. The molecule has 0 spiro atoms. The molecule has 1 atom stereocenters. The van der Waals surface area contributed by atoms with Gasteiger partial charge in [-0.05, 0) is 38.0 Å². The fourth-order valence-corrected chi connectivity index (χ4v) is 5.59. The van der Waals surface area contributed by atoms with Gasteiger partial charge in [0.05, 0.1) is 38.6 Å². The van der Waals surface area contributed by atoms with Crippen molar-refractivity contribution in [3.8, 4) is 11.3 Å². The molecular formula is C25H20N4O2S. The second kappa shape index (κ2) is 7.53. The zero-order valence-electron chi connectivity index (χ0n) is 17.5. The molecule has 1 saturated heterocycles. The van der Waals surface area contributed by atoms with Gasteiger partial charge in [-0.3, -0.25) is 4.79 Å². The van der Waals surface area contributed by atoms with E-state index in [1.165, 1.54) is 0 Å². The topological polar surface area (TPSA) is 72.1 Å². The van der Waals surface area contributed by atoms with Crippen molar-refractivity contribution in [1.29, 1.82) is 0 Å². The monoisotopic (exact) mass is 440 g/mol. The second-order valence-corrected chi connectivity index (χ2v) is 9.11. The average molecular weight is 441 g/mol. The van der Waals surface area contributed by atoms with Crippen LogP contribution in [0.4, 0.5) is 0 Å². The van der Waals surface area contributed by atoms with E-state index < -0.39 is 0 Å². The van der Waals surface area contributed by atoms with Crippen LogP contribution < -0.4 is 0 Å². The van der Waals surface area contributed by atoms with Crippen molar-refractivity contribution in [3.05, 3.63) is 76.9 Å². The van der Waals surface area contributed by atoms with E-state index in [1.54, 1.807) is 11.3 Å². The quantitative estimate of drug-likeness (QED) is 0.355. The minimum atomic E-state index is -0.0253. The van der Waals surface area contributed by atoms with Gasteiger partial charge in [0.1, 0.15) is 5.01 Å². The molecule has 6 rings (SSSR count). The van der Waals surface area contributed by atoms with Crippen LogP contribution in [0, 0.1) is 6.92 Å². The number of hydrogen-bond acceptors (Lipinski definition) is 6. The number of benzene rings is 2. The van der Waals surface area contributed by atoms with Crippen molar-refractivity contribution >= 4 is 38.6 Å². The molecule has 2 aromatic carbocycles. The third kappa shape index (κ3) is 3.08. The number of fused-ring (bicyclic) bond motifs is 2. The average Bonchev–Trinajstić information content (AvgIpc) is 3.56. The number of hydrogen-bond donors (Lipinski definition) is 0. The largest absolute Gasteiger partial charge is 0.335 e. The summed E-state index contributed by atoms with van der Waals surface area (Å²) in [4.78, 5) is 25.3. The minimum absolute atomic E-state index is 0.0246. The normalized spacial score (nSPS) is 16.3. The maximum absolute atomic E-state index is 13.9. The highest BCUT2D eigenvalue weighted by atomic mass is 32.1. The highest BCUT2D eigenvalue weighted by Crippen LogP contribution is 2.38. The molecule has 1 aliphatic heterocycles. The van der Waals surface area contributed by atoms with Gasteiger partial charge in [0.2, 0.25) is 0 Å². The zero-order valence-corrected chi connectivity index (χ0v) is 18.3. The Bertz CT molecular complexity index is 1420. The molecule has 7 heteroatoms. The first kappa shape index (κ1) is 19.1. The van der Waals surface area contributed by atoms with Crippen LogP contribution in [0.5, 0.6) is 0 Å².